The molecule has 0 aromatic carbocycles. The van der Waals surface area contributed by atoms with Gasteiger partial charge in [-0.2, -0.15) is 5.10 Å². The van der Waals surface area contributed by atoms with Gasteiger partial charge in [-0.15, -0.1) is 0 Å². The van der Waals surface area contributed by atoms with E-state index in [1.807, 2.05) is 36.2 Å². The average molecular weight is 365 g/mol. The molecule has 0 saturated carbocycles. The van der Waals surface area contributed by atoms with Crippen LogP contribution < -0.4 is 0 Å². The maximum atomic E-state index is 12.8. The highest BCUT2D eigenvalue weighted by molar-refractivity contribution is 5.93. The molecular weight excluding hydrogens is 342 g/mol. The molecule has 1 amide bonds. The lowest BCUT2D eigenvalue weighted by atomic mass is 10.2. The van der Waals surface area contributed by atoms with Crippen molar-refractivity contribution < 1.29 is 9.21 Å². The first-order valence-corrected chi connectivity index (χ1v) is 9.14. The van der Waals surface area contributed by atoms with Gasteiger partial charge in [-0.3, -0.25) is 19.8 Å². The fourth-order valence-corrected chi connectivity index (χ4v) is 3.30. The van der Waals surface area contributed by atoms with E-state index in [-0.39, 0.29) is 5.91 Å². The second kappa shape index (κ2) is 7.36. The largest absolute Gasteiger partial charge is 0.460 e. The molecule has 3 aromatic rings. The van der Waals surface area contributed by atoms with Crippen molar-refractivity contribution >= 4 is 5.91 Å². The smallest absolute Gasteiger partial charge is 0.274 e. The molecule has 1 aliphatic rings. The molecule has 4 rings (SSSR count). The molecule has 1 fully saturated rings. The Bertz CT molecular complexity index is 937. The number of amides is 1. The van der Waals surface area contributed by atoms with Crippen LogP contribution in [0, 0.1) is 13.8 Å². The summed E-state index contributed by atoms with van der Waals surface area (Å²) in [4.78, 5) is 21.4. The number of nitrogens with one attached hydrogen (secondary N) is 1. The highest BCUT2D eigenvalue weighted by Gasteiger charge is 2.24. The number of H-pyrrole nitrogens is 1. The summed E-state index contributed by atoms with van der Waals surface area (Å²) in [6, 6.07) is 9.55. The fraction of sp³-hybridized carbons (Fsp3) is 0.350. The lowest BCUT2D eigenvalue weighted by Gasteiger charge is -2.34. The van der Waals surface area contributed by atoms with Crippen molar-refractivity contribution in [2.75, 3.05) is 26.2 Å². The predicted molar refractivity (Wildman–Crippen MR) is 101 cm³/mol. The molecule has 27 heavy (non-hydrogen) atoms. The van der Waals surface area contributed by atoms with Gasteiger partial charge in [0.1, 0.15) is 11.5 Å². The van der Waals surface area contributed by atoms with E-state index in [0.717, 1.165) is 36.8 Å². The summed E-state index contributed by atoms with van der Waals surface area (Å²) >= 11 is 0. The zero-order chi connectivity index (χ0) is 18.8. The summed E-state index contributed by atoms with van der Waals surface area (Å²) < 4.78 is 5.58. The van der Waals surface area contributed by atoms with E-state index in [9.17, 15) is 4.79 Å². The number of furan rings is 1. The number of hydrogen-bond acceptors (Lipinski definition) is 5. The number of hydrogen-bond donors (Lipinski definition) is 1. The van der Waals surface area contributed by atoms with Crippen LogP contribution in [0.2, 0.25) is 0 Å². The third-order valence-electron chi connectivity index (χ3n) is 4.95. The Kier molecular flexibility index (Phi) is 4.77. The van der Waals surface area contributed by atoms with Crippen LogP contribution in [0.5, 0.6) is 0 Å². The van der Waals surface area contributed by atoms with Crippen molar-refractivity contribution in [2.24, 2.45) is 0 Å². The summed E-state index contributed by atoms with van der Waals surface area (Å²) in [5, 5.41) is 7.07. The van der Waals surface area contributed by atoms with Crippen LogP contribution in [0.1, 0.15) is 27.5 Å². The van der Waals surface area contributed by atoms with Crippen LogP contribution in [-0.2, 0) is 6.54 Å². The molecule has 0 radical (unpaired) electrons. The number of piperazine rings is 1. The van der Waals surface area contributed by atoms with Gasteiger partial charge < -0.3 is 9.32 Å². The Labute approximate surface area is 158 Å². The van der Waals surface area contributed by atoms with Gasteiger partial charge in [0.2, 0.25) is 0 Å². The zero-order valence-electron chi connectivity index (χ0n) is 15.6. The van der Waals surface area contributed by atoms with Crippen molar-refractivity contribution in [3.05, 3.63) is 59.2 Å². The fourth-order valence-electron chi connectivity index (χ4n) is 3.30. The van der Waals surface area contributed by atoms with Crippen molar-refractivity contribution in [3.8, 4) is 11.5 Å². The van der Waals surface area contributed by atoms with Crippen LogP contribution in [0.4, 0.5) is 0 Å². The first-order valence-electron chi connectivity index (χ1n) is 9.14. The summed E-state index contributed by atoms with van der Waals surface area (Å²) in [5.74, 6) is 1.47. The lowest BCUT2D eigenvalue weighted by molar-refractivity contribution is 0.0621. The number of carbonyl (C=O) groups excluding carboxylic acids is 1. The minimum Gasteiger partial charge on any atom is -0.460 e. The molecule has 140 valence electrons. The van der Waals surface area contributed by atoms with Gasteiger partial charge in [0, 0.05) is 45.0 Å². The van der Waals surface area contributed by atoms with Gasteiger partial charge in [-0.25, -0.2) is 0 Å². The minimum absolute atomic E-state index is 0.0468. The molecule has 4 heterocycles. The predicted octanol–water partition coefficient (Wildman–Crippen LogP) is 2.64. The quantitative estimate of drug-likeness (QED) is 0.769. The standard InChI is InChI=1S/C20H23N5O2/c1-14-4-3-7-21-18(14)13-24-8-10-25(11-9-24)20(26)17-12-16(22-23-17)19-6-5-15(2)27-19/h3-7,12H,8-11,13H2,1-2H3,(H,22,23). The summed E-state index contributed by atoms with van der Waals surface area (Å²) in [6.45, 7) is 7.82. The van der Waals surface area contributed by atoms with Crippen LogP contribution in [-0.4, -0.2) is 57.1 Å². The Morgan fingerprint density at radius 1 is 1.19 bits per heavy atom. The normalized spacial score (nSPS) is 15.3. The number of aromatic amines is 1. The highest BCUT2D eigenvalue weighted by Crippen LogP contribution is 2.21. The minimum atomic E-state index is -0.0468. The molecule has 0 bridgehead atoms. The summed E-state index contributed by atoms with van der Waals surface area (Å²) in [7, 11) is 0. The third kappa shape index (κ3) is 3.78. The van der Waals surface area contributed by atoms with Gasteiger partial charge >= 0.3 is 0 Å². The number of nitrogens with zero attached hydrogens (tertiary/aromatic N) is 4. The molecule has 1 N–H and O–H groups in total. The Morgan fingerprint density at radius 3 is 2.70 bits per heavy atom. The topological polar surface area (TPSA) is 78.3 Å². The second-order valence-corrected chi connectivity index (χ2v) is 6.91. The molecule has 0 unspecified atom stereocenters. The first-order chi connectivity index (χ1) is 13.1. The lowest BCUT2D eigenvalue weighted by Crippen LogP contribution is -2.48. The first kappa shape index (κ1) is 17.5. The third-order valence-corrected chi connectivity index (χ3v) is 4.95. The molecule has 0 aliphatic carbocycles. The Morgan fingerprint density at radius 2 is 2.00 bits per heavy atom. The molecule has 0 spiro atoms. The second-order valence-electron chi connectivity index (χ2n) is 6.91. The van der Waals surface area contributed by atoms with Gasteiger partial charge in [-0.05, 0) is 37.6 Å². The van der Waals surface area contributed by atoms with E-state index in [4.69, 9.17) is 4.42 Å². The van der Waals surface area contributed by atoms with E-state index in [1.165, 1.54) is 5.56 Å². The van der Waals surface area contributed by atoms with E-state index < -0.39 is 0 Å². The van der Waals surface area contributed by atoms with Crippen molar-refractivity contribution in [2.45, 2.75) is 20.4 Å². The number of pyridine rings is 1. The SMILES string of the molecule is Cc1ccc(-c2cc(C(=O)N3CCN(Cc4ncccc4C)CC3)n[nH]2)o1. The van der Waals surface area contributed by atoms with E-state index in [1.54, 1.807) is 6.07 Å². The van der Waals surface area contributed by atoms with Crippen LogP contribution >= 0.6 is 0 Å². The van der Waals surface area contributed by atoms with Gasteiger partial charge in [0.25, 0.3) is 5.91 Å². The molecular formula is C20H23N5O2. The molecule has 1 aliphatic heterocycles. The molecule has 7 nitrogen and oxygen atoms in total. The van der Waals surface area contributed by atoms with E-state index >= 15 is 0 Å². The van der Waals surface area contributed by atoms with Crippen molar-refractivity contribution in [1.82, 2.24) is 25.0 Å². The molecule has 1 saturated heterocycles. The van der Waals surface area contributed by atoms with E-state index in [0.29, 0.717) is 24.5 Å². The zero-order valence-corrected chi connectivity index (χ0v) is 15.6. The van der Waals surface area contributed by atoms with Crippen LogP contribution in [0.25, 0.3) is 11.5 Å². The van der Waals surface area contributed by atoms with Crippen LogP contribution in [0.3, 0.4) is 0 Å². The van der Waals surface area contributed by atoms with Gasteiger partial charge in [0.05, 0.1) is 5.69 Å². The molecule has 0 atom stereocenters. The number of aromatic nitrogens is 3. The molecule has 7 heteroatoms. The number of aryl methyl sites for hydroxylation is 2. The van der Waals surface area contributed by atoms with Crippen molar-refractivity contribution in [1.29, 1.82) is 0 Å². The van der Waals surface area contributed by atoms with Gasteiger partial charge in [-0.1, -0.05) is 6.07 Å². The number of rotatable bonds is 4. The summed E-state index contributed by atoms with van der Waals surface area (Å²) in [6.07, 6.45) is 1.83. The van der Waals surface area contributed by atoms with Gasteiger partial charge in [0.15, 0.2) is 11.5 Å². The average Bonchev–Trinajstić information content (AvgIpc) is 3.33. The Hall–Kier alpha value is -2.93. The monoisotopic (exact) mass is 365 g/mol. The molecule has 3 aromatic heterocycles. The van der Waals surface area contributed by atoms with Crippen LogP contribution in [0.15, 0.2) is 40.9 Å². The number of carbonyl (C=O) groups is 1. The maximum absolute atomic E-state index is 12.8. The summed E-state index contributed by atoms with van der Waals surface area (Å²) in [5.41, 5.74) is 3.44. The van der Waals surface area contributed by atoms with E-state index in [2.05, 4.69) is 33.1 Å². The maximum Gasteiger partial charge on any atom is 0.274 e. The Balaban J connectivity index is 1.36. The van der Waals surface area contributed by atoms with Crippen molar-refractivity contribution in [3.63, 3.8) is 0 Å². The highest BCUT2D eigenvalue weighted by atomic mass is 16.3.